The average molecular weight is 398 g/mol. The molecule has 0 aliphatic heterocycles. The van der Waals surface area contributed by atoms with Crippen molar-refractivity contribution in [2.45, 2.75) is 20.0 Å². The topological polar surface area (TPSA) is 76.1 Å². The molecule has 0 fully saturated rings. The van der Waals surface area contributed by atoms with Crippen molar-refractivity contribution in [2.75, 3.05) is 10.6 Å². The number of nitrogens with one attached hydrogen (secondary N) is 2. The molecule has 0 spiro atoms. The number of carbonyl (C=O) groups is 1. The number of hydrogen-bond acceptors (Lipinski definition) is 5. The zero-order valence-electron chi connectivity index (χ0n) is 16.8. The SMILES string of the molecule is CC(C)Oc1ccc(Nc2ccc(C(=O)Nc3cccc4cccnc34)nc2)cc1. The first-order valence-electron chi connectivity index (χ1n) is 9.73. The summed E-state index contributed by atoms with van der Waals surface area (Å²) in [6.45, 7) is 3.98. The van der Waals surface area contributed by atoms with Gasteiger partial charge in [-0.3, -0.25) is 9.78 Å². The second-order valence-electron chi connectivity index (χ2n) is 7.08. The Morgan fingerprint density at radius 1 is 0.900 bits per heavy atom. The summed E-state index contributed by atoms with van der Waals surface area (Å²) in [5.41, 5.74) is 3.43. The van der Waals surface area contributed by atoms with Crippen LogP contribution in [0.1, 0.15) is 24.3 Å². The number of amides is 1. The van der Waals surface area contributed by atoms with Gasteiger partial charge in [-0.1, -0.05) is 18.2 Å². The lowest BCUT2D eigenvalue weighted by atomic mass is 10.2. The van der Waals surface area contributed by atoms with Gasteiger partial charge in [-0.05, 0) is 62.4 Å². The summed E-state index contributed by atoms with van der Waals surface area (Å²) in [5.74, 6) is 0.540. The minimum absolute atomic E-state index is 0.136. The van der Waals surface area contributed by atoms with E-state index in [9.17, 15) is 4.79 Å². The van der Waals surface area contributed by atoms with Gasteiger partial charge in [0.1, 0.15) is 11.4 Å². The van der Waals surface area contributed by atoms with Gasteiger partial charge in [-0.2, -0.15) is 0 Å². The Morgan fingerprint density at radius 3 is 2.40 bits per heavy atom. The van der Waals surface area contributed by atoms with Crippen molar-refractivity contribution in [3.63, 3.8) is 0 Å². The average Bonchev–Trinajstić information content (AvgIpc) is 2.75. The molecule has 2 N–H and O–H groups in total. The van der Waals surface area contributed by atoms with Gasteiger partial charge < -0.3 is 15.4 Å². The van der Waals surface area contributed by atoms with E-state index < -0.39 is 0 Å². The maximum absolute atomic E-state index is 12.6. The number of ether oxygens (including phenoxy) is 1. The first kappa shape index (κ1) is 19.4. The fourth-order valence-corrected chi connectivity index (χ4v) is 3.05. The summed E-state index contributed by atoms with van der Waals surface area (Å²) >= 11 is 0. The maximum atomic E-state index is 12.6. The normalized spacial score (nSPS) is 10.8. The minimum atomic E-state index is -0.283. The molecule has 2 aromatic heterocycles. The Hall–Kier alpha value is -3.93. The summed E-state index contributed by atoms with van der Waals surface area (Å²) in [7, 11) is 0. The van der Waals surface area contributed by atoms with Crippen LogP contribution in [0.25, 0.3) is 10.9 Å². The predicted molar refractivity (Wildman–Crippen MR) is 119 cm³/mol. The van der Waals surface area contributed by atoms with E-state index in [1.54, 1.807) is 18.5 Å². The van der Waals surface area contributed by atoms with Gasteiger partial charge in [0.2, 0.25) is 0 Å². The van der Waals surface area contributed by atoms with Crippen molar-refractivity contribution in [1.29, 1.82) is 0 Å². The highest BCUT2D eigenvalue weighted by Gasteiger charge is 2.10. The Kier molecular flexibility index (Phi) is 5.57. The molecule has 6 nitrogen and oxygen atoms in total. The molecule has 0 radical (unpaired) electrons. The molecular formula is C24H22N4O2. The number of nitrogens with zero attached hydrogens (tertiary/aromatic N) is 2. The van der Waals surface area contributed by atoms with Crippen molar-refractivity contribution in [3.05, 3.63) is 84.8 Å². The smallest absolute Gasteiger partial charge is 0.274 e. The predicted octanol–water partition coefficient (Wildman–Crippen LogP) is 5.41. The van der Waals surface area contributed by atoms with Gasteiger partial charge in [0.25, 0.3) is 5.91 Å². The first-order chi connectivity index (χ1) is 14.6. The number of carbonyl (C=O) groups excluding carboxylic acids is 1. The van der Waals surface area contributed by atoms with Crippen LogP contribution in [-0.4, -0.2) is 22.0 Å². The van der Waals surface area contributed by atoms with E-state index in [2.05, 4.69) is 20.6 Å². The molecule has 2 heterocycles. The number of fused-ring (bicyclic) bond motifs is 1. The summed E-state index contributed by atoms with van der Waals surface area (Å²) < 4.78 is 5.65. The van der Waals surface area contributed by atoms with Gasteiger partial charge >= 0.3 is 0 Å². The molecule has 2 aromatic carbocycles. The lowest BCUT2D eigenvalue weighted by Crippen LogP contribution is -2.14. The molecule has 4 aromatic rings. The highest BCUT2D eigenvalue weighted by Crippen LogP contribution is 2.22. The van der Waals surface area contributed by atoms with Crippen LogP contribution in [0, 0.1) is 0 Å². The van der Waals surface area contributed by atoms with Crippen LogP contribution in [-0.2, 0) is 0 Å². The fourth-order valence-electron chi connectivity index (χ4n) is 3.05. The third-order valence-corrected chi connectivity index (χ3v) is 4.39. The van der Waals surface area contributed by atoms with Crippen LogP contribution in [0.4, 0.5) is 17.1 Å². The summed E-state index contributed by atoms with van der Waals surface area (Å²) in [4.78, 5) is 21.3. The van der Waals surface area contributed by atoms with E-state index in [-0.39, 0.29) is 12.0 Å². The Balaban J connectivity index is 1.43. The van der Waals surface area contributed by atoms with Crippen LogP contribution in [0.3, 0.4) is 0 Å². The molecule has 6 heteroatoms. The number of benzene rings is 2. The van der Waals surface area contributed by atoms with Crippen LogP contribution >= 0.6 is 0 Å². The molecule has 0 unspecified atom stereocenters. The Bertz CT molecular complexity index is 1150. The second kappa shape index (κ2) is 8.61. The van der Waals surface area contributed by atoms with E-state index in [0.29, 0.717) is 11.4 Å². The number of rotatable bonds is 6. The van der Waals surface area contributed by atoms with Gasteiger partial charge in [0.05, 0.1) is 29.2 Å². The van der Waals surface area contributed by atoms with Crippen molar-refractivity contribution in [3.8, 4) is 5.75 Å². The quantitative estimate of drug-likeness (QED) is 0.454. The summed E-state index contributed by atoms with van der Waals surface area (Å²) in [6.07, 6.45) is 3.48. The number of hydrogen-bond donors (Lipinski definition) is 2. The third kappa shape index (κ3) is 4.55. The molecule has 0 bridgehead atoms. The highest BCUT2D eigenvalue weighted by atomic mass is 16.5. The third-order valence-electron chi connectivity index (χ3n) is 4.39. The molecule has 4 rings (SSSR count). The van der Waals surface area contributed by atoms with Gasteiger partial charge in [0.15, 0.2) is 0 Å². The number of pyridine rings is 2. The molecule has 0 saturated heterocycles. The molecular weight excluding hydrogens is 376 g/mol. The largest absolute Gasteiger partial charge is 0.491 e. The molecule has 150 valence electrons. The summed E-state index contributed by atoms with van der Waals surface area (Å²) in [6, 6.07) is 20.7. The van der Waals surface area contributed by atoms with E-state index in [0.717, 1.165) is 28.0 Å². The molecule has 0 aliphatic carbocycles. The highest BCUT2D eigenvalue weighted by molar-refractivity contribution is 6.07. The van der Waals surface area contributed by atoms with Crippen LogP contribution in [0.15, 0.2) is 79.1 Å². The fraction of sp³-hybridized carbons (Fsp3) is 0.125. The van der Waals surface area contributed by atoms with Gasteiger partial charge in [-0.15, -0.1) is 0 Å². The van der Waals surface area contributed by atoms with E-state index in [1.807, 2.05) is 74.5 Å². The number of aromatic nitrogens is 2. The maximum Gasteiger partial charge on any atom is 0.274 e. The Labute approximate surface area is 175 Å². The second-order valence-corrected chi connectivity index (χ2v) is 7.08. The molecule has 0 saturated carbocycles. The lowest BCUT2D eigenvalue weighted by molar-refractivity contribution is 0.102. The van der Waals surface area contributed by atoms with Crippen LogP contribution in [0.5, 0.6) is 5.75 Å². The van der Waals surface area contributed by atoms with Gasteiger partial charge in [-0.25, -0.2) is 4.98 Å². The number of anilines is 3. The molecule has 1 amide bonds. The lowest BCUT2D eigenvalue weighted by Gasteiger charge is -2.11. The van der Waals surface area contributed by atoms with E-state index >= 15 is 0 Å². The van der Waals surface area contributed by atoms with Gasteiger partial charge in [0, 0.05) is 17.3 Å². The molecule has 0 atom stereocenters. The van der Waals surface area contributed by atoms with E-state index in [1.165, 1.54) is 0 Å². The van der Waals surface area contributed by atoms with Crippen LogP contribution < -0.4 is 15.4 Å². The van der Waals surface area contributed by atoms with Crippen molar-refractivity contribution in [1.82, 2.24) is 9.97 Å². The number of para-hydroxylation sites is 1. The zero-order chi connectivity index (χ0) is 20.9. The van der Waals surface area contributed by atoms with Crippen molar-refractivity contribution >= 4 is 33.9 Å². The monoisotopic (exact) mass is 398 g/mol. The molecule has 30 heavy (non-hydrogen) atoms. The minimum Gasteiger partial charge on any atom is -0.491 e. The Morgan fingerprint density at radius 2 is 1.67 bits per heavy atom. The van der Waals surface area contributed by atoms with Crippen molar-refractivity contribution in [2.24, 2.45) is 0 Å². The van der Waals surface area contributed by atoms with Crippen LogP contribution in [0.2, 0.25) is 0 Å². The first-order valence-corrected chi connectivity index (χ1v) is 9.73. The summed E-state index contributed by atoms with van der Waals surface area (Å²) in [5, 5.41) is 7.12. The standard InChI is InChI=1S/C24H22N4O2/c1-16(2)30-20-11-8-18(9-12-20)27-19-10-13-22(26-15-19)24(29)28-21-7-3-5-17-6-4-14-25-23(17)21/h3-16,27H,1-2H3,(H,28,29). The van der Waals surface area contributed by atoms with E-state index in [4.69, 9.17) is 4.74 Å². The van der Waals surface area contributed by atoms with Crippen molar-refractivity contribution < 1.29 is 9.53 Å². The zero-order valence-corrected chi connectivity index (χ0v) is 16.8. The molecule has 0 aliphatic rings.